The van der Waals surface area contributed by atoms with Gasteiger partial charge in [-0.3, -0.25) is 4.90 Å². The highest BCUT2D eigenvalue weighted by Crippen LogP contribution is 2.29. The fourth-order valence-electron chi connectivity index (χ4n) is 3.22. The van der Waals surface area contributed by atoms with Crippen LogP contribution in [0.15, 0.2) is 53.4 Å². The zero-order chi connectivity index (χ0) is 24.4. The van der Waals surface area contributed by atoms with Gasteiger partial charge in [-0.15, -0.1) is 0 Å². The van der Waals surface area contributed by atoms with E-state index in [2.05, 4.69) is 4.90 Å². The Morgan fingerprint density at radius 1 is 0.939 bits per heavy atom. The molecule has 33 heavy (non-hydrogen) atoms. The van der Waals surface area contributed by atoms with Crippen LogP contribution in [0.2, 0.25) is 0 Å². The third kappa shape index (κ3) is 7.45. The van der Waals surface area contributed by atoms with Gasteiger partial charge >= 0.3 is 11.9 Å². The fourth-order valence-corrected chi connectivity index (χ4v) is 4.66. The summed E-state index contributed by atoms with van der Waals surface area (Å²) in [6.07, 6.45) is 0. The highest BCUT2D eigenvalue weighted by molar-refractivity contribution is 7.89. The molecule has 0 amide bonds. The van der Waals surface area contributed by atoms with E-state index in [1.165, 1.54) is 0 Å². The number of sulfonamides is 1. The summed E-state index contributed by atoms with van der Waals surface area (Å²) in [6.45, 7) is 5.65. The minimum absolute atomic E-state index is 0.356. The lowest BCUT2D eigenvalue weighted by Crippen LogP contribution is -2.48. The molecule has 1 fully saturated rings. The van der Waals surface area contributed by atoms with Gasteiger partial charge < -0.3 is 19.7 Å². The summed E-state index contributed by atoms with van der Waals surface area (Å²) in [5, 5.41) is 14.8. The predicted molar refractivity (Wildman–Crippen MR) is 120 cm³/mol. The Balaban J connectivity index is 0.000000569. The van der Waals surface area contributed by atoms with Crippen molar-refractivity contribution in [3.8, 4) is 11.5 Å². The molecule has 1 saturated heterocycles. The van der Waals surface area contributed by atoms with Crippen molar-refractivity contribution >= 4 is 22.0 Å². The molecule has 0 aromatic heterocycles. The van der Waals surface area contributed by atoms with Crippen molar-refractivity contribution in [1.82, 2.24) is 9.21 Å². The van der Waals surface area contributed by atoms with Crippen LogP contribution in [0.4, 0.5) is 0 Å². The molecule has 1 aliphatic rings. The topological polar surface area (TPSA) is 134 Å². The molecule has 2 N–H and O–H groups in total. The van der Waals surface area contributed by atoms with Gasteiger partial charge in [0.05, 0.1) is 18.6 Å². The average Bonchev–Trinajstić information content (AvgIpc) is 2.81. The molecular weight excluding hydrogens is 452 g/mol. The number of hydrogen-bond acceptors (Lipinski definition) is 7. The first kappa shape index (κ1) is 26.1. The molecule has 0 unspecified atom stereocenters. The highest BCUT2D eigenvalue weighted by atomic mass is 32.2. The van der Waals surface area contributed by atoms with Crippen LogP contribution in [0, 0.1) is 0 Å². The summed E-state index contributed by atoms with van der Waals surface area (Å²) in [7, 11) is -1.78. The van der Waals surface area contributed by atoms with Gasteiger partial charge in [0.1, 0.15) is 0 Å². The Morgan fingerprint density at radius 2 is 1.55 bits per heavy atom. The van der Waals surface area contributed by atoms with Gasteiger partial charge in [-0.05, 0) is 36.8 Å². The van der Waals surface area contributed by atoms with Crippen LogP contribution in [-0.2, 0) is 26.2 Å². The number of rotatable bonds is 7. The number of methoxy groups -OCH3 is 1. The van der Waals surface area contributed by atoms with Crippen molar-refractivity contribution in [2.75, 3.05) is 39.9 Å². The molecule has 1 aliphatic heterocycles. The first-order valence-corrected chi connectivity index (χ1v) is 11.7. The van der Waals surface area contributed by atoms with Crippen molar-refractivity contribution in [1.29, 1.82) is 0 Å². The Kier molecular flexibility index (Phi) is 9.64. The number of ether oxygens (including phenoxy) is 2. The van der Waals surface area contributed by atoms with Gasteiger partial charge in [-0.25, -0.2) is 18.0 Å². The second-order valence-electron chi connectivity index (χ2n) is 7.02. The third-order valence-corrected chi connectivity index (χ3v) is 6.74. The molecule has 1 heterocycles. The molecule has 0 spiro atoms. The maximum absolute atomic E-state index is 12.7. The molecule has 2 aromatic carbocycles. The normalized spacial score (nSPS) is 14.6. The Labute approximate surface area is 193 Å². The number of carboxylic acids is 2. The second kappa shape index (κ2) is 12.2. The van der Waals surface area contributed by atoms with Crippen LogP contribution in [0.5, 0.6) is 11.5 Å². The van der Waals surface area contributed by atoms with Crippen molar-refractivity contribution < 1.29 is 37.7 Å². The van der Waals surface area contributed by atoms with Crippen LogP contribution >= 0.6 is 0 Å². The van der Waals surface area contributed by atoms with E-state index in [4.69, 9.17) is 29.3 Å². The molecule has 0 radical (unpaired) electrons. The van der Waals surface area contributed by atoms with Gasteiger partial charge in [-0.1, -0.05) is 24.3 Å². The molecule has 0 saturated carbocycles. The number of benzene rings is 2. The van der Waals surface area contributed by atoms with Gasteiger partial charge in [0.2, 0.25) is 10.0 Å². The summed E-state index contributed by atoms with van der Waals surface area (Å²) in [5.41, 5.74) is 1.12. The predicted octanol–water partition coefficient (Wildman–Crippen LogP) is 1.76. The first-order chi connectivity index (χ1) is 15.7. The average molecular weight is 481 g/mol. The molecule has 0 atom stereocenters. The van der Waals surface area contributed by atoms with Crippen molar-refractivity contribution in [2.45, 2.75) is 18.4 Å². The molecule has 10 nitrogen and oxygen atoms in total. The number of carbonyl (C=O) groups is 2. The molecule has 3 rings (SSSR count). The number of carboxylic acid groups (broad SMARTS) is 2. The number of aliphatic carboxylic acids is 2. The van der Waals surface area contributed by atoms with E-state index in [1.54, 1.807) is 35.7 Å². The van der Waals surface area contributed by atoms with Gasteiger partial charge in [0.15, 0.2) is 11.5 Å². The van der Waals surface area contributed by atoms with Gasteiger partial charge in [0.25, 0.3) is 0 Å². The monoisotopic (exact) mass is 480 g/mol. The third-order valence-electron chi connectivity index (χ3n) is 4.83. The molecular formula is C22H28N2O8S. The Morgan fingerprint density at radius 3 is 2.06 bits per heavy atom. The van der Waals surface area contributed by atoms with Crippen LogP contribution in [0.25, 0.3) is 0 Å². The van der Waals surface area contributed by atoms with E-state index in [-0.39, 0.29) is 0 Å². The van der Waals surface area contributed by atoms with Crippen LogP contribution < -0.4 is 9.47 Å². The zero-order valence-electron chi connectivity index (χ0n) is 18.5. The lowest BCUT2D eigenvalue weighted by Gasteiger charge is -2.34. The first-order valence-electron chi connectivity index (χ1n) is 10.2. The van der Waals surface area contributed by atoms with Crippen molar-refractivity contribution in [2.24, 2.45) is 0 Å². The summed E-state index contributed by atoms with van der Waals surface area (Å²) < 4.78 is 38.0. The summed E-state index contributed by atoms with van der Waals surface area (Å²) in [5.74, 6) is -2.19. The minimum Gasteiger partial charge on any atom is -0.493 e. The lowest BCUT2D eigenvalue weighted by molar-refractivity contribution is -0.159. The summed E-state index contributed by atoms with van der Waals surface area (Å²) >= 11 is 0. The maximum Gasteiger partial charge on any atom is 0.414 e. The fraction of sp³-hybridized carbons (Fsp3) is 0.364. The van der Waals surface area contributed by atoms with Gasteiger partial charge in [0, 0.05) is 32.7 Å². The molecule has 11 heteroatoms. The van der Waals surface area contributed by atoms with E-state index in [0.29, 0.717) is 37.7 Å². The van der Waals surface area contributed by atoms with E-state index >= 15 is 0 Å². The molecule has 0 aliphatic carbocycles. The maximum atomic E-state index is 12.7. The highest BCUT2D eigenvalue weighted by Gasteiger charge is 2.28. The quantitative estimate of drug-likeness (QED) is 0.569. The Bertz CT molecular complexity index is 1020. The van der Waals surface area contributed by atoms with Crippen LogP contribution in [-0.4, -0.2) is 79.7 Å². The summed E-state index contributed by atoms with van der Waals surface area (Å²) in [4.78, 5) is 20.8. The standard InChI is InChI=1S/C20H26N2O4S.C2H2O4/c1-3-26-20-15-17(9-10-19(20)25-2)16-21-11-13-22(14-12-21)27(23,24)18-7-5-4-6-8-18;3-1(4)2(5)6/h4-10,15H,3,11-14,16H2,1-2H3;(H,3,4)(H,5,6). The van der Waals surface area contributed by atoms with Crippen molar-refractivity contribution in [3.63, 3.8) is 0 Å². The largest absolute Gasteiger partial charge is 0.493 e. The molecule has 0 bridgehead atoms. The number of hydrogen-bond donors (Lipinski definition) is 2. The zero-order valence-corrected chi connectivity index (χ0v) is 19.3. The number of nitrogens with zero attached hydrogens (tertiary/aromatic N) is 2. The van der Waals surface area contributed by atoms with Gasteiger partial charge in [-0.2, -0.15) is 4.31 Å². The van der Waals surface area contributed by atoms with Crippen LogP contribution in [0.3, 0.4) is 0 Å². The summed E-state index contributed by atoms with van der Waals surface area (Å²) in [6, 6.07) is 14.6. The van der Waals surface area contributed by atoms with E-state index in [9.17, 15) is 8.42 Å². The van der Waals surface area contributed by atoms with E-state index in [0.717, 1.165) is 23.6 Å². The second-order valence-corrected chi connectivity index (χ2v) is 8.96. The van der Waals surface area contributed by atoms with E-state index in [1.807, 2.05) is 31.2 Å². The van der Waals surface area contributed by atoms with E-state index < -0.39 is 22.0 Å². The molecule has 2 aromatic rings. The minimum atomic E-state index is -3.41. The SMILES string of the molecule is CCOc1cc(CN2CCN(S(=O)(=O)c3ccccc3)CC2)ccc1OC.O=C(O)C(=O)O. The Hall–Kier alpha value is -3.15. The lowest BCUT2D eigenvalue weighted by atomic mass is 10.1. The molecule has 180 valence electrons. The smallest absolute Gasteiger partial charge is 0.414 e. The van der Waals surface area contributed by atoms with Crippen molar-refractivity contribution in [3.05, 3.63) is 54.1 Å². The number of piperazine rings is 1. The van der Waals surface area contributed by atoms with Crippen LogP contribution in [0.1, 0.15) is 12.5 Å².